The monoisotopic (exact) mass is 540 g/mol. The molecule has 0 unspecified atom stereocenters. The van der Waals surface area contributed by atoms with Crippen molar-refractivity contribution in [3.63, 3.8) is 0 Å². The Morgan fingerprint density at radius 1 is 0.825 bits per heavy atom. The van der Waals surface area contributed by atoms with E-state index in [1.165, 1.54) is 61.8 Å². The molecule has 3 nitrogen and oxygen atoms in total. The molecule has 4 fully saturated rings. The Labute approximate surface area is 240 Å². The predicted octanol–water partition coefficient (Wildman–Crippen LogP) is 8.66. The molecule has 7 aliphatic rings. The summed E-state index contributed by atoms with van der Waals surface area (Å²) in [6.07, 6.45) is 20.4. The summed E-state index contributed by atoms with van der Waals surface area (Å²) in [6, 6.07) is 6.14. The van der Waals surface area contributed by atoms with Crippen LogP contribution in [0.5, 0.6) is 5.75 Å². The second-order valence-corrected chi connectivity index (χ2v) is 15.7. The Balaban J connectivity index is 1.01. The molecule has 0 saturated heterocycles. The van der Waals surface area contributed by atoms with Crippen molar-refractivity contribution in [2.75, 3.05) is 0 Å². The van der Waals surface area contributed by atoms with Crippen molar-refractivity contribution in [2.45, 2.75) is 116 Å². The number of allylic oxidation sites excluding steroid dienone is 4. The number of carbonyl (C=O) groups excluding carboxylic acids is 1. The lowest BCUT2D eigenvalue weighted by molar-refractivity contribution is -0.131. The third-order valence-corrected chi connectivity index (χ3v) is 14.4. The second-order valence-electron chi connectivity index (χ2n) is 15.7. The van der Waals surface area contributed by atoms with E-state index >= 15 is 0 Å². The number of carbonyl (C=O) groups is 1. The first-order valence-electron chi connectivity index (χ1n) is 16.6. The number of hydrogen-bond donors (Lipinski definition) is 1. The zero-order chi connectivity index (χ0) is 27.4. The van der Waals surface area contributed by atoms with E-state index < -0.39 is 0 Å². The minimum absolute atomic E-state index is 0.0443. The molecule has 3 heteroatoms. The van der Waals surface area contributed by atoms with Crippen LogP contribution in [0.1, 0.15) is 115 Å². The summed E-state index contributed by atoms with van der Waals surface area (Å²) < 4.78 is 7.06. The molecule has 0 heterocycles. The van der Waals surface area contributed by atoms with Gasteiger partial charge in [-0.3, -0.25) is 4.79 Å². The van der Waals surface area contributed by atoms with Crippen molar-refractivity contribution < 1.29 is 14.6 Å². The van der Waals surface area contributed by atoms with Crippen LogP contribution in [-0.4, -0.2) is 17.0 Å². The van der Waals surface area contributed by atoms with Crippen LogP contribution in [0.2, 0.25) is 0 Å². The molecule has 0 bridgehead atoms. The number of Topliss-reactive ketones (excluding diaryl/α,β-unsaturated/α-hetero) is 1. The Morgan fingerprint density at radius 3 is 2.55 bits per heavy atom. The standard InChI is InChI=1S/C37H48O3/c1-35-17-14-25(21-23(35)5-8-29-31-10-12-33(39)36(31,2)19-16-32(29)35)40-34-13-11-30-28-7-4-22-20-24(38)6-9-26(22)27(28)15-18-37(30,34)3/h5-6,9,20-21,27-32,34,38H,4,7-8,10-19H2,1-3H3/t27-,28-,29+,30+,31+,32+,34+,35+,36+,37+/m1/s1. The summed E-state index contributed by atoms with van der Waals surface area (Å²) in [4.78, 5) is 12.8. The molecule has 4 saturated carbocycles. The zero-order valence-corrected chi connectivity index (χ0v) is 24.9. The van der Waals surface area contributed by atoms with Crippen molar-refractivity contribution in [1.29, 1.82) is 0 Å². The lowest BCUT2D eigenvalue weighted by atomic mass is 9.49. The quantitative estimate of drug-likeness (QED) is 0.408. The van der Waals surface area contributed by atoms with E-state index in [0.717, 1.165) is 50.4 Å². The lowest BCUT2D eigenvalue weighted by Gasteiger charge is -2.55. The molecule has 0 radical (unpaired) electrons. The van der Waals surface area contributed by atoms with E-state index in [4.69, 9.17) is 4.74 Å². The van der Waals surface area contributed by atoms with Gasteiger partial charge in [0.25, 0.3) is 0 Å². The summed E-state index contributed by atoms with van der Waals surface area (Å²) in [5.74, 6) is 6.36. The molecule has 7 aliphatic carbocycles. The van der Waals surface area contributed by atoms with Crippen LogP contribution in [0.25, 0.3) is 0 Å². The number of aromatic hydroxyl groups is 1. The average Bonchev–Trinajstić information content (AvgIpc) is 3.44. The molecule has 214 valence electrons. The highest BCUT2D eigenvalue weighted by molar-refractivity contribution is 5.87. The summed E-state index contributed by atoms with van der Waals surface area (Å²) in [6.45, 7) is 7.38. The minimum Gasteiger partial charge on any atom is -0.508 e. The maximum absolute atomic E-state index is 12.8. The molecule has 40 heavy (non-hydrogen) atoms. The summed E-state index contributed by atoms with van der Waals surface area (Å²) >= 11 is 0. The number of hydrogen-bond acceptors (Lipinski definition) is 3. The number of ketones is 1. The SMILES string of the molecule is C[C@]12CC[C@@H]3c4ccc(O)cc4CC[C@H]3[C@@H]1CC[C@@H]2OC1=CC2=CC[C@@H]3[C@H](CC[C@]4(C)C(=O)CC[C@@H]34)[C@@]2(C)CC1. The van der Waals surface area contributed by atoms with E-state index in [9.17, 15) is 9.90 Å². The fourth-order valence-corrected chi connectivity index (χ4v) is 12.1. The normalized spacial score (nSPS) is 47.1. The fraction of sp³-hybridized carbons (Fsp3) is 0.703. The Hall–Kier alpha value is -2.03. The molecule has 1 aromatic carbocycles. The van der Waals surface area contributed by atoms with E-state index in [1.807, 2.05) is 12.1 Å². The first-order chi connectivity index (χ1) is 19.2. The van der Waals surface area contributed by atoms with Gasteiger partial charge in [0, 0.05) is 23.7 Å². The molecule has 0 amide bonds. The van der Waals surface area contributed by atoms with Crippen molar-refractivity contribution in [2.24, 2.45) is 45.8 Å². The minimum atomic E-state index is -0.0443. The van der Waals surface area contributed by atoms with Gasteiger partial charge in [-0.1, -0.05) is 32.9 Å². The first-order valence-corrected chi connectivity index (χ1v) is 16.6. The smallest absolute Gasteiger partial charge is 0.139 e. The number of rotatable bonds is 2. The van der Waals surface area contributed by atoms with Crippen molar-refractivity contribution >= 4 is 5.78 Å². The van der Waals surface area contributed by atoms with Crippen LogP contribution < -0.4 is 0 Å². The van der Waals surface area contributed by atoms with Gasteiger partial charge in [0.15, 0.2) is 0 Å². The Morgan fingerprint density at radius 2 is 1.68 bits per heavy atom. The Bertz CT molecular complexity index is 1310. The molecular formula is C37H48O3. The van der Waals surface area contributed by atoms with Crippen LogP contribution in [0.3, 0.4) is 0 Å². The number of ether oxygens (including phenoxy) is 1. The highest BCUT2D eigenvalue weighted by Crippen LogP contribution is 2.65. The predicted molar refractivity (Wildman–Crippen MR) is 158 cm³/mol. The van der Waals surface area contributed by atoms with Gasteiger partial charge in [0.05, 0.1) is 5.76 Å². The number of phenols is 1. The third kappa shape index (κ3) is 3.45. The molecule has 1 aromatic rings. The third-order valence-electron chi connectivity index (χ3n) is 14.4. The van der Waals surface area contributed by atoms with Gasteiger partial charge < -0.3 is 9.84 Å². The van der Waals surface area contributed by atoms with Crippen LogP contribution in [0.15, 0.2) is 41.7 Å². The first kappa shape index (κ1) is 25.7. The summed E-state index contributed by atoms with van der Waals surface area (Å²) in [7, 11) is 0. The van der Waals surface area contributed by atoms with Gasteiger partial charge in [-0.2, -0.15) is 0 Å². The van der Waals surface area contributed by atoms with Gasteiger partial charge in [0.1, 0.15) is 17.6 Å². The molecular weight excluding hydrogens is 492 g/mol. The van der Waals surface area contributed by atoms with E-state index in [0.29, 0.717) is 41.3 Å². The van der Waals surface area contributed by atoms with Gasteiger partial charge in [-0.15, -0.1) is 0 Å². The number of aryl methyl sites for hydroxylation is 1. The maximum Gasteiger partial charge on any atom is 0.139 e. The summed E-state index contributed by atoms with van der Waals surface area (Å²) in [5.41, 5.74) is 4.91. The molecule has 1 N–H and O–H groups in total. The summed E-state index contributed by atoms with van der Waals surface area (Å²) in [5, 5.41) is 10.0. The highest BCUT2D eigenvalue weighted by atomic mass is 16.5. The topological polar surface area (TPSA) is 46.5 Å². The van der Waals surface area contributed by atoms with Crippen molar-refractivity contribution in [3.05, 3.63) is 52.8 Å². The van der Waals surface area contributed by atoms with Crippen LogP contribution in [-0.2, 0) is 16.0 Å². The molecule has 0 spiro atoms. The molecule has 0 aliphatic heterocycles. The van der Waals surface area contributed by atoms with E-state index in [1.54, 1.807) is 5.57 Å². The zero-order valence-electron chi connectivity index (χ0n) is 24.9. The maximum atomic E-state index is 12.8. The van der Waals surface area contributed by atoms with E-state index in [-0.39, 0.29) is 16.2 Å². The lowest BCUT2D eigenvalue weighted by Crippen LogP contribution is -2.49. The van der Waals surface area contributed by atoms with Crippen LogP contribution in [0.4, 0.5) is 0 Å². The number of phenolic OH excluding ortho intramolecular Hbond substituents is 1. The number of benzene rings is 1. The van der Waals surface area contributed by atoms with Crippen molar-refractivity contribution in [1.82, 2.24) is 0 Å². The molecule has 0 aromatic heterocycles. The van der Waals surface area contributed by atoms with Gasteiger partial charge in [0.2, 0.25) is 0 Å². The largest absolute Gasteiger partial charge is 0.508 e. The average molecular weight is 541 g/mol. The second kappa shape index (κ2) is 8.74. The van der Waals surface area contributed by atoms with Gasteiger partial charge in [-0.05, 0) is 146 Å². The van der Waals surface area contributed by atoms with Crippen molar-refractivity contribution in [3.8, 4) is 5.75 Å². The fourth-order valence-electron chi connectivity index (χ4n) is 12.1. The van der Waals surface area contributed by atoms with Crippen LogP contribution in [0, 0.1) is 45.8 Å². The Kier molecular flexibility index (Phi) is 5.61. The number of fused-ring (bicyclic) bond motifs is 10. The highest BCUT2D eigenvalue weighted by Gasteiger charge is 2.59. The van der Waals surface area contributed by atoms with Gasteiger partial charge >= 0.3 is 0 Å². The molecule has 10 atom stereocenters. The molecule has 8 rings (SSSR count). The van der Waals surface area contributed by atoms with Gasteiger partial charge in [-0.25, -0.2) is 0 Å². The van der Waals surface area contributed by atoms with Crippen LogP contribution >= 0.6 is 0 Å². The van der Waals surface area contributed by atoms with E-state index in [2.05, 4.69) is 39.0 Å².